The van der Waals surface area contributed by atoms with Gasteiger partial charge >= 0.3 is 0 Å². The van der Waals surface area contributed by atoms with Crippen LogP contribution in [0.4, 0.5) is 0 Å². The van der Waals surface area contributed by atoms with Gasteiger partial charge in [-0.05, 0) is 25.3 Å². The van der Waals surface area contributed by atoms with E-state index in [4.69, 9.17) is 0 Å². The van der Waals surface area contributed by atoms with Crippen LogP contribution in [0.5, 0.6) is 0 Å². The van der Waals surface area contributed by atoms with E-state index in [2.05, 4.69) is 30.1 Å². The van der Waals surface area contributed by atoms with Gasteiger partial charge in [0.05, 0.1) is 6.54 Å². The molecule has 0 atom stereocenters. The zero-order valence-corrected chi connectivity index (χ0v) is 9.00. The molecule has 1 heteroatoms. The van der Waals surface area contributed by atoms with Crippen LogP contribution in [-0.4, -0.2) is 12.3 Å². The third-order valence-electron chi connectivity index (χ3n) is 3.22. The molecule has 76 valence electrons. The van der Waals surface area contributed by atoms with Crippen molar-refractivity contribution < 1.29 is 0 Å². The molecule has 0 radical (unpaired) electrons. The second-order valence-electron chi connectivity index (χ2n) is 4.47. The number of hydrogen-bond donors (Lipinski definition) is 0. The SMILES string of the molecule is CC1=CCN=C(CC2CCCC2)C=C1. The summed E-state index contributed by atoms with van der Waals surface area (Å²) in [5, 5.41) is 0. The van der Waals surface area contributed by atoms with Crippen LogP contribution in [0.15, 0.2) is 28.8 Å². The van der Waals surface area contributed by atoms with Crippen molar-refractivity contribution in [1.82, 2.24) is 0 Å². The Kier molecular flexibility index (Phi) is 3.18. The Labute approximate surface area is 86.6 Å². The lowest BCUT2D eigenvalue weighted by molar-refractivity contribution is 0.573. The monoisotopic (exact) mass is 189 g/mol. The first-order valence-corrected chi connectivity index (χ1v) is 5.73. The summed E-state index contributed by atoms with van der Waals surface area (Å²) in [6.07, 6.45) is 13.5. The van der Waals surface area contributed by atoms with E-state index < -0.39 is 0 Å². The summed E-state index contributed by atoms with van der Waals surface area (Å²) in [7, 11) is 0. The standard InChI is InChI=1S/C13H19N/c1-11-6-7-13(14-9-8-11)10-12-4-2-3-5-12/h6-8,12H,2-5,9-10H2,1H3. The molecule has 1 heterocycles. The number of allylic oxidation sites excluding steroid dienone is 3. The molecule has 2 rings (SSSR count). The van der Waals surface area contributed by atoms with E-state index >= 15 is 0 Å². The predicted molar refractivity (Wildman–Crippen MR) is 61.8 cm³/mol. The van der Waals surface area contributed by atoms with Crippen LogP contribution in [0.25, 0.3) is 0 Å². The Morgan fingerprint density at radius 3 is 2.86 bits per heavy atom. The van der Waals surface area contributed by atoms with Crippen molar-refractivity contribution in [2.75, 3.05) is 6.54 Å². The number of nitrogens with zero attached hydrogens (tertiary/aromatic N) is 1. The first-order valence-electron chi connectivity index (χ1n) is 5.73. The molecule has 2 aliphatic rings. The van der Waals surface area contributed by atoms with Crippen LogP contribution >= 0.6 is 0 Å². The van der Waals surface area contributed by atoms with Crippen LogP contribution in [0.3, 0.4) is 0 Å². The van der Waals surface area contributed by atoms with Crippen LogP contribution in [0.1, 0.15) is 39.0 Å². The zero-order chi connectivity index (χ0) is 9.80. The lowest BCUT2D eigenvalue weighted by atomic mass is 10.0. The van der Waals surface area contributed by atoms with Gasteiger partial charge in [-0.1, -0.05) is 43.4 Å². The zero-order valence-electron chi connectivity index (χ0n) is 9.00. The summed E-state index contributed by atoms with van der Waals surface area (Å²) in [6.45, 7) is 3.02. The first-order chi connectivity index (χ1) is 6.84. The molecule has 0 bridgehead atoms. The molecule has 1 fully saturated rings. The van der Waals surface area contributed by atoms with Crippen molar-refractivity contribution in [3.8, 4) is 0 Å². The highest BCUT2D eigenvalue weighted by atomic mass is 14.7. The van der Waals surface area contributed by atoms with Crippen molar-refractivity contribution in [2.24, 2.45) is 10.9 Å². The fraction of sp³-hybridized carbons (Fsp3) is 0.615. The Balaban J connectivity index is 1.92. The van der Waals surface area contributed by atoms with Gasteiger partial charge in [0.25, 0.3) is 0 Å². The Hall–Kier alpha value is -0.850. The van der Waals surface area contributed by atoms with Crippen molar-refractivity contribution in [1.29, 1.82) is 0 Å². The number of aliphatic imine (C=N–C) groups is 1. The average Bonchev–Trinajstić information content (AvgIpc) is 2.58. The smallest absolute Gasteiger partial charge is 0.0579 e. The highest BCUT2D eigenvalue weighted by Crippen LogP contribution is 2.28. The molecule has 0 unspecified atom stereocenters. The van der Waals surface area contributed by atoms with E-state index in [-0.39, 0.29) is 0 Å². The summed E-state index contributed by atoms with van der Waals surface area (Å²) in [6, 6.07) is 0. The van der Waals surface area contributed by atoms with Crippen molar-refractivity contribution >= 4 is 5.71 Å². The molecule has 1 aliphatic carbocycles. The second kappa shape index (κ2) is 4.59. The first kappa shape index (κ1) is 9.70. The summed E-state index contributed by atoms with van der Waals surface area (Å²) in [5.41, 5.74) is 2.65. The molecule has 0 aromatic rings. The van der Waals surface area contributed by atoms with Crippen LogP contribution in [0, 0.1) is 5.92 Å². The molecular formula is C13H19N. The Morgan fingerprint density at radius 2 is 2.07 bits per heavy atom. The number of hydrogen-bond acceptors (Lipinski definition) is 1. The summed E-state index contributed by atoms with van der Waals surface area (Å²) in [5.74, 6) is 0.914. The van der Waals surface area contributed by atoms with Crippen LogP contribution in [0.2, 0.25) is 0 Å². The fourth-order valence-corrected chi connectivity index (χ4v) is 2.30. The molecule has 0 aromatic heterocycles. The molecule has 0 amide bonds. The van der Waals surface area contributed by atoms with E-state index in [1.807, 2.05) is 0 Å². The van der Waals surface area contributed by atoms with Crippen molar-refractivity contribution in [2.45, 2.75) is 39.0 Å². The van der Waals surface area contributed by atoms with Gasteiger partial charge in [0.15, 0.2) is 0 Å². The number of rotatable bonds is 2. The van der Waals surface area contributed by atoms with Gasteiger partial charge in [-0.15, -0.1) is 0 Å². The van der Waals surface area contributed by atoms with Gasteiger partial charge in [0, 0.05) is 5.71 Å². The summed E-state index contributed by atoms with van der Waals surface area (Å²) < 4.78 is 0. The third kappa shape index (κ3) is 2.57. The molecule has 0 N–H and O–H groups in total. The third-order valence-corrected chi connectivity index (χ3v) is 3.22. The topological polar surface area (TPSA) is 12.4 Å². The minimum atomic E-state index is 0.876. The highest BCUT2D eigenvalue weighted by molar-refractivity contribution is 5.95. The molecule has 1 nitrogen and oxygen atoms in total. The molecule has 1 aliphatic heterocycles. The van der Waals surface area contributed by atoms with Crippen LogP contribution in [-0.2, 0) is 0 Å². The van der Waals surface area contributed by atoms with Gasteiger partial charge < -0.3 is 0 Å². The van der Waals surface area contributed by atoms with Gasteiger partial charge in [-0.2, -0.15) is 0 Å². The molecule has 0 spiro atoms. The normalized spacial score (nSPS) is 23.2. The van der Waals surface area contributed by atoms with E-state index in [0.717, 1.165) is 12.5 Å². The minimum Gasteiger partial charge on any atom is -0.286 e. The second-order valence-corrected chi connectivity index (χ2v) is 4.47. The van der Waals surface area contributed by atoms with E-state index in [0.29, 0.717) is 0 Å². The fourth-order valence-electron chi connectivity index (χ4n) is 2.30. The molecule has 14 heavy (non-hydrogen) atoms. The lowest BCUT2D eigenvalue weighted by Gasteiger charge is -2.07. The quantitative estimate of drug-likeness (QED) is 0.630. The maximum Gasteiger partial charge on any atom is 0.0579 e. The Morgan fingerprint density at radius 1 is 1.29 bits per heavy atom. The maximum absolute atomic E-state index is 4.59. The van der Waals surface area contributed by atoms with Crippen molar-refractivity contribution in [3.05, 3.63) is 23.8 Å². The maximum atomic E-state index is 4.59. The predicted octanol–water partition coefficient (Wildman–Crippen LogP) is 3.52. The molecular weight excluding hydrogens is 170 g/mol. The Bertz CT molecular complexity index is 278. The minimum absolute atomic E-state index is 0.876. The lowest BCUT2D eigenvalue weighted by Crippen LogP contribution is -2.03. The van der Waals surface area contributed by atoms with Gasteiger partial charge in [0.1, 0.15) is 0 Å². The van der Waals surface area contributed by atoms with Gasteiger partial charge in [-0.3, -0.25) is 4.99 Å². The van der Waals surface area contributed by atoms with Gasteiger partial charge in [-0.25, -0.2) is 0 Å². The largest absolute Gasteiger partial charge is 0.286 e. The van der Waals surface area contributed by atoms with E-state index in [1.165, 1.54) is 43.4 Å². The molecule has 0 saturated heterocycles. The highest BCUT2D eigenvalue weighted by Gasteiger charge is 2.16. The van der Waals surface area contributed by atoms with E-state index in [1.54, 1.807) is 0 Å². The molecule has 1 saturated carbocycles. The van der Waals surface area contributed by atoms with E-state index in [9.17, 15) is 0 Å². The summed E-state index contributed by atoms with van der Waals surface area (Å²) in [4.78, 5) is 4.59. The van der Waals surface area contributed by atoms with Crippen LogP contribution < -0.4 is 0 Å². The van der Waals surface area contributed by atoms with Gasteiger partial charge in [0.2, 0.25) is 0 Å². The average molecular weight is 189 g/mol. The van der Waals surface area contributed by atoms with Crippen molar-refractivity contribution in [3.63, 3.8) is 0 Å². The molecule has 0 aromatic carbocycles. The summed E-state index contributed by atoms with van der Waals surface area (Å²) >= 11 is 0.